The summed E-state index contributed by atoms with van der Waals surface area (Å²) in [6, 6.07) is 10.4. The third-order valence-electron chi connectivity index (χ3n) is 5.90. The topological polar surface area (TPSA) is 147 Å². The zero-order chi connectivity index (χ0) is 27.4. The van der Waals surface area contributed by atoms with Crippen molar-refractivity contribution in [2.24, 2.45) is 0 Å². The van der Waals surface area contributed by atoms with Gasteiger partial charge in [0.15, 0.2) is 0 Å². The summed E-state index contributed by atoms with van der Waals surface area (Å²) in [7, 11) is 5.49. The van der Waals surface area contributed by atoms with Crippen molar-refractivity contribution in [3.8, 4) is 16.9 Å². The average molecular weight is 523 g/mol. The maximum absolute atomic E-state index is 13.0. The second kappa shape index (κ2) is 11.1. The van der Waals surface area contributed by atoms with E-state index in [0.29, 0.717) is 22.8 Å². The molecule has 2 aromatic carbocycles. The first kappa shape index (κ1) is 26.4. The number of nitrogens with zero attached hydrogens (tertiary/aromatic N) is 2. The van der Waals surface area contributed by atoms with E-state index in [1.54, 1.807) is 13.2 Å². The van der Waals surface area contributed by atoms with Crippen LogP contribution in [0.3, 0.4) is 0 Å². The lowest BCUT2D eigenvalue weighted by Gasteiger charge is -2.12. The summed E-state index contributed by atoms with van der Waals surface area (Å²) < 4.78 is 21.6. The van der Waals surface area contributed by atoms with Gasteiger partial charge in [-0.3, -0.25) is 9.59 Å². The Balaban J connectivity index is 1.62. The molecule has 0 saturated heterocycles. The molecule has 2 amide bonds. The van der Waals surface area contributed by atoms with Gasteiger partial charge in [-0.1, -0.05) is 12.1 Å². The van der Waals surface area contributed by atoms with E-state index in [4.69, 9.17) is 18.9 Å². The van der Waals surface area contributed by atoms with Crippen molar-refractivity contribution in [1.82, 2.24) is 9.78 Å². The highest BCUT2D eigenvalue weighted by molar-refractivity contribution is 6.05. The van der Waals surface area contributed by atoms with E-state index in [-0.39, 0.29) is 29.8 Å². The van der Waals surface area contributed by atoms with E-state index in [9.17, 15) is 19.2 Å². The second-order valence-corrected chi connectivity index (χ2v) is 8.32. The number of rotatable bonds is 9. The Labute approximate surface area is 217 Å². The van der Waals surface area contributed by atoms with Gasteiger partial charge >= 0.3 is 11.9 Å². The van der Waals surface area contributed by atoms with Crippen molar-refractivity contribution in [3.63, 3.8) is 0 Å². The van der Waals surface area contributed by atoms with E-state index < -0.39 is 29.8 Å². The van der Waals surface area contributed by atoms with Crippen LogP contribution in [0.15, 0.2) is 42.5 Å². The molecule has 1 aromatic heterocycles. The van der Waals surface area contributed by atoms with Crippen LogP contribution in [0, 0.1) is 0 Å². The number of hydrogen-bond donors (Lipinski definition) is 2. The molecule has 12 heteroatoms. The summed E-state index contributed by atoms with van der Waals surface area (Å²) in [6.45, 7) is 0.179. The highest BCUT2D eigenvalue weighted by Gasteiger charge is 2.37. The predicted octanol–water partition coefficient (Wildman–Crippen LogP) is 2.80. The van der Waals surface area contributed by atoms with E-state index in [1.807, 2.05) is 18.2 Å². The molecule has 0 spiro atoms. The Hall–Kier alpha value is -4.71. The molecule has 1 aliphatic heterocycles. The van der Waals surface area contributed by atoms with Crippen LogP contribution in [0.4, 0.5) is 11.5 Å². The molecule has 198 valence electrons. The molecule has 0 radical (unpaired) electrons. The number of ether oxygens (including phenoxy) is 4. The minimum absolute atomic E-state index is 0.0470. The smallest absolute Gasteiger partial charge is 0.337 e. The van der Waals surface area contributed by atoms with Gasteiger partial charge in [0.2, 0.25) is 5.91 Å². The normalized spacial score (nSPS) is 13.9. The fourth-order valence-corrected chi connectivity index (χ4v) is 4.20. The van der Waals surface area contributed by atoms with E-state index >= 15 is 0 Å². The van der Waals surface area contributed by atoms with Gasteiger partial charge in [0.25, 0.3) is 5.91 Å². The molecule has 1 aliphatic rings. The van der Waals surface area contributed by atoms with Gasteiger partial charge in [-0.15, -0.1) is 0 Å². The van der Waals surface area contributed by atoms with Crippen LogP contribution in [0.5, 0.6) is 5.75 Å². The number of nitrogens with one attached hydrogen (secondary N) is 2. The Morgan fingerprint density at radius 1 is 1.00 bits per heavy atom. The molecule has 2 N–H and O–H groups in total. The molecule has 0 aliphatic carbocycles. The summed E-state index contributed by atoms with van der Waals surface area (Å²) in [5.74, 6) is -1.27. The Bertz CT molecular complexity index is 1380. The minimum Gasteiger partial charge on any atom is -0.497 e. The Morgan fingerprint density at radius 3 is 2.29 bits per heavy atom. The standard InChI is InChI=1S/C26H26N4O8/c1-35-13-19-22(14-6-5-7-18(11-14)36-2)23-28-24(32)20(30(23)29-19)12-21(31)27-17-9-15(25(33)37-3)8-16(10-17)26(34)38-4/h5-11,20H,12-13H2,1-4H3,(H,27,31)(H,28,32). The molecule has 0 saturated carbocycles. The van der Waals surface area contributed by atoms with Crippen LogP contribution in [0.2, 0.25) is 0 Å². The molecule has 1 atom stereocenters. The maximum atomic E-state index is 13.0. The summed E-state index contributed by atoms with van der Waals surface area (Å²) in [6.07, 6.45) is -0.263. The molecule has 3 aromatic rings. The van der Waals surface area contributed by atoms with Crippen LogP contribution >= 0.6 is 0 Å². The van der Waals surface area contributed by atoms with Crippen molar-refractivity contribution in [2.45, 2.75) is 19.1 Å². The number of fused-ring (bicyclic) bond motifs is 1. The molecular weight excluding hydrogens is 496 g/mol. The number of aromatic nitrogens is 2. The summed E-state index contributed by atoms with van der Waals surface area (Å²) in [4.78, 5) is 50.0. The van der Waals surface area contributed by atoms with Gasteiger partial charge in [0.1, 0.15) is 17.6 Å². The fourth-order valence-electron chi connectivity index (χ4n) is 4.20. The number of methoxy groups -OCH3 is 4. The summed E-state index contributed by atoms with van der Waals surface area (Å²) in [5, 5.41) is 10.0. The fraction of sp³-hybridized carbons (Fsp3) is 0.269. The van der Waals surface area contributed by atoms with Crippen molar-refractivity contribution in [2.75, 3.05) is 39.1 Å². The van der Waals surface area contributed by atoms with Crippen molar-refractivity contribution in [3.05, 3.63) is 59.3 Å². The van der Waals surface area contributed by atoms with Gasteiger partial charge < -0.3 is 29.6 Å². The highest BCUT2D eigenvalue weighted by atomic mass is 16.5. The minimum atomic E-state index is -0.941. The van der Waals surface area contributed by atoms with Crippen LogP contribution in [-0.4, -0.2) is 62.0 Å². The average Bonchev–Trinajstić information content (AvgIpc) is 3.41. The quantitative estimate of drug-likeness (QED) is 0.405. The SMILES string of the molecule is COCc1nn2c(c1-c1cccc(OC)c1)NC(=O)C2CC(=O)Nc1cc(C(=O)OC)cc(C(=O)OC)c1. The second-order valence-electron chi connectivity index (χ2n) is 8.32. The largest absolute Gasteiger partial charge is 0.497 e. The van der Waals surface area contributed by atoms with Crippen molar-refractivity contribution < 1.29 is 38.1 Å². The summed E-state index contributed by atoms with van der Waals surface area (Å²) >= 11 is 0. The molecule has 12 nitrogen and oxygen atoms in total. The molecule has 0 fully saturated rings. The monoisotopic (exact) mass is 522 g/mol. The highest BCUT2D eigenvalue weighted by Crippen LogP contribution is 2.39. The number of carbonyl (C=O) groups is 4. The first-order valence-electron chi connectivity index (χ1n) is 11.5. The van der Waals surface area contributed by atoms with Gasteiger partial charge in [-0.05, 0) is 35.9 Å². The molecule has 1 unspecified atom stereocenters. The lowest BCUT2D eigenvalue weighted by atomic mass is 10.1. The zero-order valence-electron chi connectivity index (χ0n) is 21.2. The first-order valence-corrected chi connectivity index (χ1v) is 11.5. The molecule has 0 bridgehead atoms. The van der Waals surface area contributed by atoms with E-state index in [0.717, 1.165) is 5.56 Å². The van der Waals surface area contributed by atoms with Crippen molar-refractivity contribution >= 4 is 35.3 Å². The summed E-state index contributed by atoms with van der Waals surface area (Å²) in [5.41, 5.74) is 2.26. The number of esters is 2. The third kappa shape index (κ3) is 5.20. The number of benzene rings is 2. The van der Waals surface area contributed by atoms with Crippen LogP contribution in [0.1, 0.15) is 38.9 Å². The van der Waals surface area contributed by atoms with Crippen LogP contribution < -0.4 is 15.4 Å². The van der Waals surface area contributed by atoms with E-state index in [2.05, 4.69) is 15.7 Å². The lowest BCUT2D eigenvalue weighted by molar-refractivity contribution is -0.123. The molecular formula is C26H26N4O8. The molecule has 38 heavy (non-hydrogen) atoms. The number of amides is 2. The Kier molecular flexibility index (Phi) is 7.72. The number of anilines is 2. The van der Waals surface area contributed by atoms with Gasteiger partial charge in [0.05, 0.1) is 56.7 Å². The number of hydrogen-bond acceptors (Lipinski definition) is 9. The predicted molar refractivity (Wildman–Crippen MR) is 135 cm³/mol. The molecule has 2 heterocycles. The van der Waals surface area contributed by atoms with Crippen LogP contribution in [0.25, 0.3) is 11.1 Å². The lowest BCUT2D eigenvalue weighted by Crippen LogP contribution is -2.24. The van der Waals surface area contributed by atoms with Crippen molar-refractivity contribution in [1.29, 1.82) is 0 Å². The number of carbonyl (C=O) groups excluding carboxylic acids is 4. The Morgan fingerprint density at radius 2 is 1.68 bits per heavy atom. The van der Waals surface area contributed by atoms with Gasteiger partial charge in [0, 0.05) is 12.8 Å². The van der Waals surface area contributed by atoms with Gasteiger partial charge in [-0.2, -0.15) is 5.10 Å². The van der Waals surface area contributed by atoms with Gasteiger partial charge in [-0.25, -0.2) is 14.3 Å². The first-order chi connectivity index (χ1) is 18.3. The van der Waals surface area contributed by atoms with Crippen LogP contribution in [-0.2, 0) is 30.4 Å². The third-order valence-corrected chi connectivity index (χ3v) is 5.90. The maximum Gasteiger partial charge on any atom is 0.337 e. The van der Waals surface area contributed by atoms with E-state index in [1.165, 1.54) is 44.2 Å². The zero-order valence-corrected chi connectivity index (χ0v) is 21.2. The molecule has 4 rings (SSSR count).